The molecule has 0 aliphatic rings. The van der Waals surface area contributed by atoms with Crippen LogP contribution < -0.4 is 5.32 Å². The van der Waals surface area contributed by atoms with E-state index in [4.69, 9.17) is 4.98 Å². The Balaban J connectivity index is 1.44. The monoisotopic (exact) mass is 375 g/mol. The molecule has 2 N–H and O–H groups in total. The van der Waals surface area contributed by atoms with Crippen molar-refractivity contribution in [1.82, 2.24) is 15.3 Å². The van der Waals surface area contributed by atoms with Crippen LogP contribution in [0.15, 0.2) is 54.7 Å². The fourth-order valence-electron chi connectivity index (χ4n) is 3.21. The van der Waals surface area contributed by atoms with Crippen molar-refractivity contribution in [3.8, 4) is 10.6 Å². The zero-order valence-corrected chi connectivity index (χ0v) is 16.2. The molecule has 0 bridgehead atoms. The molecule has 0 aliphatic heterocycles. The molecule has 0 spiro atoms. The van der Waals surface area contributed by atoms with Crippen molar-refractivity contribution in [3.63, 3.8) is 0 Å². The van der Waals surface area contributed by atoms with E-state index in [2.05, 4.69) is 29.4 Å². The molecule has 4 rings (SSSR count). The lowest BCUT2D eigenvalue weighted by Crippen LogP contribution is -2.24. The zero-order chi connectivity index (χ0) is 18.8. The Morgan fingerprint density at radius 1 is 1.11 bits per heavy atom. The van der Waals surface area contributed by atoms with E-state index in [9.17, 15) is 4.79 Å². The number of hydrogen-bond acceptors (Lipinski definition) is 3. The van der Waals surface area contributed by atoms with Crippen molar-refractivity contribution in [1.29, 1.82) is 0 Å². The van der Waals surface area contributed by atoms with E-state index in [0.29, 0.717) is 13.0 Å². The number of hydrogen-bond donors (Lipinski definition) is 2. The smallest absolute Gasteiger partial charge is 0.224 e. The summed E-state index contributed by atoms with van der Waals surface area (Å²) in [7, 11) is 0. The number of carbonyl (C=O) groups is 1. The Kier molecular flexibility index (Phi) is 4.77. The minimum atomic E-state index is 0.0185. The number of para-hydroxylation sites is 1. The summed E-state index contributed by atoms with van der Waals surface area (Å²) in [6.07, 6.45) is 2.28. The molecule has 5 heteroatoms. The van der Waals surface area contributed by atoms with Gasteiger partial charge in [0.05, 0.1) is 18.7 Å². The Bertz CT molecular complexity index is 1110. The number of aromatic nitrogens is 2. The Hall–Kier alpha value is -2.92. The number of benzene rings is 2. The van der Waals surface area contributed by atoms with E-state index in [-0.39, 0.29) is 5.91 Å². The zero-order valence-electron chi connectivity index (χ0n) is 15.4. The maximum Gasteiger partial charge on any atom is 0.224 e. The maximum absolute atomic E-state index is 12.4. The van der Waals surface area contributed by atoms with Crippen LogP contribution in [0.5, 0.6) is 0 Å². The number of aryl methyl sites for hydroxylation is 2. The van der Waals surface area contributed by atoms with Crippen LogP contribution in [0.2, 0.25) is 0 Å². The van der Waals surface area contributed by atoms with Gasteiger partial charge < -0.3 is 10.3 Å². The molecule has 4 nitrogen and oxygen atoms in total. The lowest BCUT2D eigenvalue weighted by atomic mass is 10.1. The van der Waals surface area contributed by atoms with Gasteiger partial charge in [0.15, 0.2) is 0 Å². The number of thiazole rings is 1. The van der Waals surface area contributed by atoms with Crippen LogP contribution in [0, 0.1) is 13.8 Å². The molecule has 2 aromatic heterocycles. The number of nitrogens with one attached hydrogen (secondary N) is 2. The van der Waals surface area contributed by atoms with Gasteiger partial charge in [0.25, 0.3) is 0 Å². The van der Waals surface area contributed by atoms with E-state index in [1.165, 1.54) is 5.56 Å². The van der Waals surface area contributed by atoms with Gasteiger partial charge in [-0.2, -0.15) is 0 Å². The first-order valence-electron chi connectivity index (χ1n) is 8.96. The molecule has 0 fully saturated rings. The highest BCUT2D eigenvalue weighted by atomic mass is 32.1. The van der Waals surface area contributed by atoms with E-state index in [0.717, 1.165) is 37.6 Å². The molecule has 0 saturated heterocycles. The number of aromatic amines is 1. The summed E-state index contributed by atoms with van der Waals surface area (Å²) in [5.41, 5.74) is 5.42. The second-order valence-electron chi connectivity index (χ2n) is 6.66. The Labute approximate surface area is 162 Å². The molecule has 1 amide bonds. The fourth-order valence-corrected chi connectivity index (χ4v) is 4.30. The standard InChI is InChI=1S/C22H21N3OS/c1-14-7-3-4-8-17(14)22-25-15(2)20(27-22)13-24-21(26)11-16-12-23-19-10-6-5-9-18(16)19/h3-10,12,23H,11,13H2,1-2H3,(H,24,26). The van der Waals surface area contributed by atoms with Gasteiger partial charge in [-0.05, 0) is 31.0 Å². The Morgan fingerprint density at radius 3 is 2.74 bits per heavy atom. The normalized spacial score (nSPS) is 11.0. The van der Waals surface area contributed by atoms with Gasteiger partial charge in [0.2, 0.25) is 5.91 Å². The average Bonchev–Trinajstić information content (AvgIpc) is 3.24. The summed E-state index contributed by atoms with van der Waals surface area (Å²) in [6.45, 7) is 4.60. The van der Waals surface area contributed by atoms with Crippen LogP contribution in [0.25, 0.3) is 21.5 Å². The highest BCUT2D eigenvalue weighted by molar-refractivity contribution is 7.15. The predicted octanol–water partition coefficient (Wildman–Crippen LogP) is 4.77. The summed E-state index contributed by atoms with van der Waals surface area (Å²) in [4.78, 5) is 21.4. The van der Waals surface area contributed by atoms with Gasteiger partial charge in [0.1, 0.15) is 5.01 Å². The molecular weight excluding hydrogens is 354 g/mol. The van der Waals surface area contributed by atoms with Gasteiger partial charge in [-0.25, -0.2) is 4.98 Å². The average molecular weight is 375 g/mol. The lowest BCUT2D eigenvalue weighted by molar-refractivity contribution is -0.120. The summed E-state index contributed by atoms with van der Waals surface area (Å²) in [6, 6.07) is 16.3. The van der Waals surface area contributed by atoms with Crippen LogP contribution in [-0.4, -0.2) is 15.9 Å². The SMILES string of the molecule is Cc1ccccc1-c1nc(C)c(CNC(=O)Cc2c[nH]c3ccccc23)s1. The fraction of sp³-hybridized carbons (Fsp3) is 0.182. The minimum absolute atomic E-state index is 0.0185. The molecular formula is C22H21N3OS. The largest absolute Gasteiger partial charge is 0.361 e. The van der Waals surface area contributed by atoms with E-state index in [1.54, 1.807) is 11.3 Å². The number of fused-ring (bicyclic) bond motifs is 1. The summed E-state index contributed by atoms with van der Waals surface area (Å²) < 4.78 is 0. The van der Waals surface area contributed by atoms with Crippen molar-refractivity contribution < 1.29 is 4.79 Å². The highest BCUT2D eigenvalue weighted by Gasteiger charge is 2.13. The molecule has 0 unspecified atom stereocenters. The first kappa shape index (κ1) is 17.5. The van der Waals surface area contributed by atoms with Crippen molar-refractivity contribution in [2.75, 3.05) is 0 Å². The van der Waals surface area contributed by atoms with Gasteiger partial charge >= 0.3 is 0 Å². The number of carbonyl (C=O) groups excluding carboxylic acids is 1. The van der Waals surface area contributed by atoms with Gasteiger partial charge in [-0.15, -0.1) is 11.3 Å². The van der Waals surface area contributed by atoms with Crippen LogP contribution >= 0.6 is 11.3 Å². The van der Waals surface area contributed by atoms with E-state index < -0.39 is 0 Å². The number of amides is 1. The van der Waals surface area contributed by atoms with Gasteiger partial charge in [-0.3, -0.25) is 4.79 Å². The molecule has 0 radical (unpaired) electrons. The maximum atomic E-state index is 12.4. The molecule has 4 aromatic rings. The molecule has 136 valence electrons. The first-order chi connectivity index (χ1) is 13.1. The molecule has 0 atom stereocenters. The predicted molar refractivity (Wildman–Crippen MR) is 111 cm³/mol. The topological polar surface area (TPSA) is 57.8 Å². The van der Waals surface area contributed by atoms with Crippen LogP contribution in [-0.2, 0) is 17.8 Å². The molecule has 27 heavy (non-hydrogen) atoms. The quantitative estimate of drug-likeness (QED) is 0.528. The van der Waals surface area contributed by atoms with Crippen LogP contribution in [0.3, 0.4) is 0 Å². The number of nitrogens with zero attached hydrogens (tertiary/aromatic N) is 1. The highest BCUT2D eigenvalue weighted by Crippen LogP contribution is 2.30. The lowest BCUT2D eigenvalue weighted by Gasteiger charge is -2.04. The van der Waals surface area contributed by atoms with E-state index >= 15 is 0 Å². The van der Waals surface area contributed by atoms with Crippen LogP contribution in [0.1, 0.15) is 21.7 Å². The second kappa shape index (κ2) is 7.37. The van der Waals surface area contributed by atoms with Gasteiger partial charge in [0, 0.05) is 27.5 Å². The van der Waals surface area contributed by atoms with Crippen molar-refractivity contribution in [2.24, 2.45) is 0 Å². The third-order valence-electron chi connectivity index (χ3n) is 4.74. The van der Waals surface area contributed by atoms with Gasteiger partial charge in [-0.1, -0.05) is 42.5 Å². The second-order valence-corrected chi connectivity index (χ2v) is 7.74. The number of rotatable bonds is 5. The summed E-state index contributed by atoms with van der Waals surface area (Å²) >= 11 is 1.65. The van der Waals surface area contributed by atoms with Crippen molar-refractivity contribution in [2.45, 2.75) is 26.8 Å². The first-order valence-corrected chi connectivity index (χ1v) is 9.77. The third-order valence-corrected chi connectivity index (χ3v) is 5.93. The third kappa shape index (κ3) is 3.64. The van der Waals surface area contributed by atoms with E-state index in [1.807, 2.05) is 49.5 Å². The molecule has 0 aliphatic carbocycles. The summed E-state index contributed by atoms with van der Waals surface area (Å²) in [5, 5.41) is 5.15. The number of H-pyrrole nitrogens is 1. The Morgan fingerprint density at radius 2 is 1.89 bits per heavy atom. The van der Waals surface area contributed by atoms with Crippen LogP contribution in [0.4, 0.5) is 0 Å². The van der Waals surface area contributed by atoms with Crippen molar-refractivity contribution >= 4 is 28.1 Å². The molecule has 0 saturated carbocycles. The van der Waals surface area contributed by atoms with Crippen molar-refractivity contribution in [3.05, 3.63) is 76.4 Å². The molecule has 2 aromatic carbocycles. The summed E-state index contributed by atoms with van der Waals surface area (Å²) in [5.74, 6) is 0.0185. The minimum Gasteiger partial charge on any atom is -0.361 e. The molecule has 2 heterocycles.